The highest BCUT2D eigenvalue weighted by Gasteiger charge is 2.38. The average Bonchev–Trinajstić information content (AvgIpc) is 2.66. The van der Waals surface area contributed by atoms with Gasteiger partial charge in [0.25, 0.3) is 0 Å². The van der Waals surface area contributed by atoms with Crippen LogP contribution in [-0.2, 0) is 4.74 Å². The van der Waals surface area contributed by atoms with Gasteiger partial charge in [0.15, 0.2) is 5.96 Å². The lowest BCUT2D eigenvalue weighted by Crippen LogP contribution is -2.56. The number of ether oxygens (including phenoxy) is 1. The molecule has 2 N–H and O–H groups in total. The first kappa shape index (κ1) is 25.7. The van der Waals surface area contributed by atoms with Gasteiger partial charge in [-0.1, -0.05) is 19.3 Å². The molecule has 0 aromatic carbocycles. The predicted molar refractivity (Wildman–Crippen MR) is 118 cm³/mol. The third-order valence-electron chi connectivity index (χ3n) is 5.52. The molecule has 0 amide bonds. The second-order valence-electron chi connectivity index (χ2n) is 7.58. The SMILES string of the molecule is CCNC(=NCC1(N2CCOCC2)CCCCC1)NCCCCC(F)(F)F.I. The summed E-state index contributed by atoms with van der Waals surface area (Å²) in [5.41, 5.74) is 0.0979. The number of guanidine groups is 1. The van der Waals surface area contributed by atoms with Crippen molar-refractivity contribution in [3.8, 4) is 0 Å². The normalized spacial score (nSPS) is 21.1. The van der Waals surface area contributed by atoms with Crippen LogP contribution in [-0.4, -0.2) is 68.5 Å². The minimum Gasteiger partial charge on any atom is -0.379 e. The summed E-state index contributed by atoms with van der Waals surface area (Å²) < 4.78 is 42.2. The first-order chi connectivity index (χ1) is 13.0. The van der Waals surface area contributed by atoms with Crippen LogP contribution >= 0.6 is 24.0 Å². The molecule has 28 heavy (non-hydrogen) atoms. The summed E-state index contributed by atoms with van der Waals surface area (Å²) in [6, 6.07) is 0. The summed E-state index contributed by atoms with van der Waals surface area (Å²) in [6.45, 7) is 7.44. The quantitative estimate of drug-likeness (QED) is 0.221. The molecule has 1 aliphatic heterocycles. The van der Waals surface area contributed by atoms with Crippen LogP contribution in [0.3, 0.4) is 0 Å². The molecule has 1 saturated carbocycles. The molecular formula is C19H36F3IN4O. The van der Waals surface area contributed by atoms with Crippen LogP contribution in [0.1, 0.15) is 58.3 Å². The molecule has 0 unspecified atom stereocenters. The van der Waals surface area contributed by atoms with Gasteiger partial charge in [-0.2, -0.15) is 13.2 Å². The fourth-order valence-electron chi connectivity index (χ4n) is 4.05. The summed E-state index contributed by atoms with van der Waals surface area (Å²) in [4.78, 5) is 7.37. The standard InChI is InChI=1S/C19H35F3N4O.HI/c1-2-23-17(24-11-7-6-10-19(20,21)22)25-16-18(8-4-3-5-9-18)26-12-14-27-15-13-26;/h2-16H2,1H3,(H2,23,24,25);1H. The topological polar surface area (TPSA) is 48.9 Å². The zero-order valence-electron chi connectivity index (χ0n) is 17.0. The zero-order chi connectivity index (χ0) is 19.6. The molecule has 1 saturated heterocycles. The molecule has 0 bridgehead atoms. The first-order valence-electron chi connectivity index (χ1n) is 10.4. The van der Waals surface area contributed by atoms with Crippen molar-refractivity contribution in [2.45, 2.75) is 70.0 Å². The molecular weight excluding hydrogens is 484 g/mol. The lowest BCUT2D eigenvalue weighted by Gasteiger charge is -2.47. The summed E-state index contributed by atoms with van der Waals surface area (Å²) >= 11 is 0. The number of hydrogen-bond acceptors (Lipinski definition) is 3. The fourth-order valence-corrected chi connectivity index (χ4v) is 4.05. The van der Waals surface area contributed by atoms with E-state index < -0.39 is 12.6 Å². The Morgan fingerprint density at radius 2 is 1.75 bits per heavy atom. The van der Waals surface area contributed by atoms with Gasteiger partial charge in [-0.3, -0.25) is 9.89 Å². The summed E-state index contributed by atoms with van der Waals surface area (Å²) in [7, 11) is 0. The molecule has 1 aliphatic carbocycles. The van der Waals surface area contributed by atoms with Gasteiger partial charge in [0, 0.05) is 38.1 Å². The Morgan fingerprint density at radius 1 is 1.07 bits per heavy atom. The van der Waals surface area contributed by atoms with Crippen LogP contribution in [0.5, 0.6) is 0 Å². The average molecular weight is 520 g/mol. The number of hydrogen-bond donors (Lipinski definition) is 2. The largest absolute Gasteiger partial charge is 0.389 e. The van der Waals surface area contributed by atoms with E-state index in [0.29, 0.717) is 18.9 Å². The van der Waals surface area contributed by atoms with Crippen LogP contribution in [0, 0.1) is 0 Å². The van der Waals surface area contributed by atoms with Gasteiger partial charge in [-0.15, -0.1) is 24.0 Å². The van der Waals surface area contributed by atoms with Gasteiger partial charge in [0.2, 0.25) is 0 Å². The second kappa shape index (κ2) is 13.1. The van der Waals surface area contributed by atoms with E-state index in [4.69, 9.17) is 9.73 Å². The summed E-state index contributed by atoms with van der Waals surface area (Å²) in [5.74, 6) is 0.711. The second-order valence-corrected chi connectivity index (χ2v) is 7.58. The minimum atomic E-state index is -4.07. The smallest absolute Gasteiger partial charge is 0.379 e. The van der Waals surface area contributed by atoms with E-state index in [2.05, 4.69) is 15.5 Å². The molecule has 0 aromatic rings. The van der Waals surface area contributed by atoms with Crippen molar-refractivity contribution < 1.29 is 17.9 Å². The van der Waals surface area contributed by atoms with Crippen molar-refractivity contribution in [1.82, 2.24) is 15.5 Å². The molecule has 2 rings (SSSR count). The van der Waals surface area contributed by atoms with E-state index in [1.54, 1.807) is 0 Å². The van der Waals surface area contributed by atoms with E-state index in [-0.39, 0.29) is 35.9 Å². The van der Waals surface area contributed by atoms with Crippen LogP contribution in [0.15, 0.2) is 4.99 Å². The molecule has 2 fully saturated rings. The van der Waals surface area contributed by atoms with Gasteiger partial charge in [-0.25, -0.2) is 0 Å². The molecule has 1 heterocycles. The number of aliphatic imine (C=N–C) groups is 1. The Morgan fingerprint density at radius 3 is 2.36 bits per heavy atom. The lowest BCUT2D eigenvalue weighted by molar-refractivity contribution is -0.135. The Kier molecular flexibility index (Phi) is 12.0. The minimum absolute atomic E-state index is 0. The third-order valence-corrected chi connectivity index (χ3v) is 5.52. The fraction of sp³-hybridized carbons (Fsp3) is 0.947. The van der Waals surface area contributed by atoms with Crippen molar-refractivity contribution >= 4 is 29.9 Å². The number of halogens is 4. The molecule has 0 spiro atoms. The maximum atomic E-state index is 12.2. The van der Waals surface area contributed by atoms with Crippen LogP contribution in [0.4, 0.5) is 13.2 Å². The maximum Gasteiger partial charge on any atom is 0.389 e. The van der Waals surface area contributed by atoms with Gasteiger partial charge in [0.1, 0.15) is 0 Å². The Balaban J connectivity index is 0.00000392. The molecule has 2 aliphatic rings. The van der Waals surface area contributed by atoms with E-state index in [0.717, 1.165) is 52.2 Å². The van der Waals surface area contributed by atoms with Crippen molar-refractivity contribution in [3.63, 3.8) is 0 Å². The predicted octanol–water partition coefficient (Wildman–Crippen LogP) is 3.93. The van der Waals surface area contributed by atoms with E-state index in [1.165, 1.54) is 19.3 Å². The van der Waals surface area contributed by atoms with Gasteiger partial charge in [-0.05, 0) is 32.6 Å². The molecule has 0 aromatic heterocycles. The van der Waals surface area contributed by atoms with Crippen LogP contribution < -0.4 is 10.6 Å². The Hall–Kier alpha value is -0.290. The highest BCUT2D eigenvalue weighted by atomic mass is 127. The van der Waals surface area contributed by atoms with E-state index in [1.807, 2.05) is 6.92 Å². The maximum absolute atomic E-state index is 12.2. The number of nitrogens with zero attached hydrogens (tertiary/aromatic N) is 2. The molecule has 0 radical (unpaired) electrons. The number of unbranched alkanes of at least 4 members (excludes halogenated alkanes) is 1. The summed E-state index contributed by atoms with van der Waals surface area (Å²) in [5, 5.41) is 6.42. The Bertz CT molecular complexity index is 451. The van der Waals surface area contributed by atoms with E-state index >= 15 is 0 Å². The number of alkyl halides is 3. The number of rotatable bonds is 8. The van der Waals surface area contributed by atoms with Crippen LogP contribution in [0.25, 0.3) is 0 Å². The van der Waals surface area contributed by atoms with Crippen molar-refractivity contribution in [1.29, 1.82) is 0 Å². The highest BCUT2D eigenvalue weighted by molar-refractivity contribution is 14.0. The monoisotopic (exact) mass is 520 g/mol. The van der Waals surface area contributed by atoms with Crippen molar-refractivity contribution in [2.75, 3.05) is 45.9 Å². The zero-order valence-corrected chi connectivity index (χ0v) is 19.3. The number of morpholine rings is 1. The number of nitrogens with one attached hydrogen (secondary N) is 2. The third kappa shape index (κ3) is 9.02. The molecule has 0 atom stereocenters. The summed E-state index contributed by atoms with van der Waals surface area (Å²) in [6.07, 6.45) is 1.90. The lowest BCUT2D eigenvalue weighted by atomic mass is 9.80. The highest BCUT2D eigenvalue weighted by Crippen LogP contribution is 2.34. The van der Waals surface area contributed by atoms with Crippen molar-refractivity contribution in [3.05, 3.63) is 0 Å². The van der Waals surface area contributed by atoms with Gasteiger partial charge >= 0.3 is 6.18 Å². The van der Waals surface area contributed by atoms with Crippen LogP contribution in [0.2, 0.25) is 0 Å². The van der Waals surface area contributed by atoms with E-state index in [9.17, 15) is 13.2 Å². The molecule has 9 heteroatoms. The van der Waals surface area contributed by atoms with Gasteiger partial charge < -0.3 is 15.4 Å². The molecule has 5 nitrogen and oxygen atoms in total. The first-order valence-corrected chi connectivity index (χ1v) is 10.4. The molecule has 166 valence electrons. The Labute approximate surface area is 184 Å². The van der Waals surface area contributed by atoms with Gasteiger partial charge in [0.05, 0.1) is 19.8 Å². The van der Waals surface area contributed by atoms with Crippen molar-refractivity contribution in [2.24, 2.45) is 4.99 Å².